The van der Waals surface area contributed by atoms with E-state index in [1.807, 2.05) is 18.2 Å². The molecule has 0 aliphatic rings. The lowest BCUT2D eigenvalue weighted by molar-refractivity contribution is 0.0949. The van der Waals surface area contributed by atoms with E-state index < -0.39 is 0 Å². The number of rotatable bonds is 3. The highest BCUT2D eigenvalue weighted by molar-refractivity contribution is 7.80. The second-order valence-electron chi connectivity index (χ2n) is 3.44. The van der Waals surface area contributed by atoms with Gasteiger partial charge in [-0.2, -0.15) is 0 Å². The van der Waals surface area contributed by atoms with Crippen molar-refractivity contribution in [1.82, 2.24) is 15.6 Å². The molecule has 2 aromatic rings. The van der Waals surface area contributed by atoms with Crippen molar-refractivity contribution >= 4 is 23.2 Å². The monoisotopic (exact) mass is 261 g/mol. The van der Waals surface area contributed by atoms with Gasteiger partial charge in [-0.05, 0) is 36.5 Å². The zero-order chi connectivity index (χ0) is 12.8. The summed E-state index contributed by atoms with van der Waals surface area (Å²) in [5.74, 6) is -0.157. The van der Waals surface area contributed by atoms with Crippen LogP contribution in [0.4, 0.5) is 0 Å². The number of hydrogen-bond donors (Lipinski definition) is 2. The van der Waals surface area contributed by atoms with Crippen LogP contribution in [0.5, 0.6) is 0 Å². The van der Waals surface area contributed by atoms with Crippen LogP contribution in [0.2, 0.25) is 0 Å². The molecule has 1 amide bonds. The molecule has 0 aromatic carbocycles. The molecule has 2 heterocycles. The number of nitrogens with zero attached hydrogens (tertiary/aromatic N) is 1. The SMILES string of the molecule is O=C(NC(=S)NCc1ccccn1)c1ccco1. The van der Waals surface area contributed by atoms with Gasteiger partial charge in [-0.1, -0.05) is 6.07 Å². The zero-order valence-electron chi connectivity index (χ0n) is 9.42. The number of hydrogen-bond acceptors (Lipinski definition) is 4. The minimum Gasteiger partial charge on any atom is -0.459 e. The van der Waals surface area contributed by atoms with E-state index in [1.165, 1.54) is 6.26 Å². The van der Waals surface area contributed by atoms with E-state index in [4.69, 9.17) is 16.6 Å². The van der Waals surface area contributed by atoms with Crippen LogP contribution in [0, 0.1) is 0 Å². The molecule has 6 heteroatoms. The molecule has 18 heavy (non-hydrogen) atoms. The maximum Gasteiger partial charge on any atom is 0.293 e. The smallest absolute Gasteiger partial charge is 0.293 e. The van der Waals surface area contributed by atoms with E-state index in [9.17, 15) is 4.79 Å². The molecule has 92 valence electrons. The second-order valence-corrected chi connectivity index (χ2v) is 3.84. The first kappa shape index (κ1) is 12.3. The van der Waals surface area contributed by atoms with Gasteiger partial charge in [0.05, 0.1) is 18.5 Å². The molecular weight excluding hydrogens is 250 g/mol. The van der Waals surface area contributed by atoms with Gasteiger partial charge in [0.15, 0.2) is 10.9 Å². The third-order valence-electron chi connectivity index (χ3n) is 2.13. The molecular formula is C12H11N3O2S. The third-order valence-corrected chi connectivity index (χ3v) is 2.37. The number of carbonyl (C=O) groups is 1. The Hall–Kier alpha value is -2.21. The molecule has 0 saturated heterocycles. The highest BCUT2D eigenvalue weighted by atomic mass is 32.1. The number of carbonyl (C=O) groups excluding carboxylic acids is 1. The average Bonchev–Trinajstić information content (AvgIpc) is 2.91. The molecule has 0 aliphatic heterocycles. The van der Waals surface area contributed by atoms with Gasteiger partial charge in [-0.15, -0.1) is 0 Å². The molecule has 0 radical (unpaired) electrons. The maximum atomic E-state index is 11.6. The Morgan fingerprint density at radius 2 is 2.22 bits per heavy atom. The molecule has 2 aromatic heterocycles. The van der Waals surface area contributed by atoms with Gasteiger partial charge in [0.1, 0.15) is 0 Å². The normalized spacial score (nSPS) is 9.78. The summed E-state index contributed by atoms with van der Waals surface area (Å²) in [6.07, 6.45) is 3.13. The molecule has 0 fully saturated rings. The van der Waals surface area contributed by atoms with E-state index in [0.29, 0.717) is 6.54 Å². The molecule has 2 rings (SSSR count). The first-order valence-electron chi connectivity index (χ1n) is 5.28. The lowest BCUT2D eigenvalue weighted by Gasteiger charge is -2.07. The van der Waals surface area contributed by atoms with Crippen LogP contribution >= 0.6 is 12.2 Å². The average molecular weight is 261 g/mol. The Morgan fingerprint density at radius 3 is 2.89 bits per heavy atom. The van der Waals surface area contributed by atoms with Crippen molar-refractivity contribution in [1.29, 1.82) is 0 Å². The zero-order valence-corrected chi connectivity index (χ0v) is 10.2. The van der Waals surface area contributed by atoms with E-state index in [-0.39, 0.29) is 16.8 Å². The molecule has 0 unspecified atom stereocenters. The lowest BCUT2D eigenvalue weighted by Crippen LogP contribution is -2.38. The summed E-state index contributed by atoms with van der Waals surface area (Å²) in [6.45, 7) is 0.456. The third kappa shape index (κ3) is 3.39. The summed E-state index contributed by atoms with van der Waals surface area (Å²) in [5.41, 5.74) is 0.840. The van der Waals surface area contributed by atoms with Gasteiger partial charge in [-0.3, -0.25) is 15.1 Å². The largest absolute Gasteiger partial charge is 0.459 e. The molecule has 0 atom stereocenters. The number of furan rings is 1. The molecule has 0 bridgehead atoms. The highest BCUT2D eigenvalue weighted by Gasteiger charge is 2.09. The van der Waals surface area contributed by atoms with E-state index in [1.54, 1.807) is 18.3 Å². The number of aromatic nitrogens is 1. The summed E-state index contributed by atoms with van der Waals surface area (Å²) < 4.78 is 4.95. The Kier molecular flexibility index (Phi) is 4.03. The number of nitrogens with one attached hydrogen (secondary N) is 2. The van der Waals surface area contributed by atoms with E-state index >= 15 is 0 Å². The van der Waals surface area contributed by atoms with Crippen LogP contribution in [0.1, 0.15) is 16.2 Å². The Labute approximate surface area is 109 Å². The van der Waals surface area contributed by atoms with Crippen LogP contribution in [0.3, 0.4) is 0 Å². The highest BCUT2D eigenvalue weighted by Crippen LogP contribution is 1.99. The molecule has 5 nitrogen and oxygen atoms in total. The lowest BCUT2D eigenvalue weighted by atomic mass is 10.3. The van der Waals surface area contributed by atoms with Crippen molar-refractivity contribution in [2.45, 2.75) is 6.54 Å². The fraction of sp³-hybridized carbons (Fsp3) is 0.0833. The Bertz CT molecular complexity index is 526. The minimum absolute atomic E-state index is 0.219. The van der Waals surface area contributed by atoms with Crippen molar-refractivity contribution in [3.05, 3.63) is 54.2 Å². The van der Waals surface area contributed by atoms with Crippen LogP contribution in [-0.4, -0.2) is 16.0 Å². The molecule has 0 saturated carbocycles. The summed E-state index contributed by atoms with van der Waals surface area (Å²) in [4.78, 5) is 15.7. The predicted octanol–water partition coefficient (Wildman–Crippen LogP) is 1.48. The van der Waals surface area contributed by atoms with Crippen LogP contribution in [-0.2, 0) is 6.54 Å². The summed E-state index contributed by atoms with van der Waals surface area (Å²) in [7, 11) is 0. The van der Waals surface area contributed by atoms with Crippen molar-refractivity contribution in [3.63, 3.8) is 0 Å². The number of pyridine rings is 1. The summed E-state index contributed by atoms with van der Waals surface area (Å²) >= 11 is 4.99. The molecule has 2 N–H and O–H groups in total. The van der Waals surface area contributed by atoms with Crippen LogP contribution in [0.15, 0.2) is 47.2 Å². The Balaban J connectivity index is 1.81. The predicted molar refractivity (Wildman–Crippen MR) is 69.8 cm³/mol. The molecule has 0 aliphatic carbocycles. The summed E-state index contributed by atoms with van der Waals surface area (Å²) in [6, 6.07) is 8.79. The standard InChI is InChI=1S/C12H11N3O2S/c16-11(10-5-3-7-17-10)15-12(18)14-8-9-4-1-2-6-13-9/h1-7H,8H2,(H2,14,15,16,18). The first-order chi connectivity index (χ1) is 8.75. The van der Waals surface area contributed by atoms with Gasteiger partial charge < -0.3 is 9.73 Å². The molecule has 0 spiro atoms. The number of amides is 1. The van der Waals surface area contributed by atoms with Gasteiger partial charge in [0.25, 0.3) is 5.91 Å². The number of thiocarbonyl (C=S) groups is 1. The van der Waals surface area contributed by atoms with Crippen LogP contribution in [0.25, 0.3) is 0 Å². The quantitative estimate of drug-likeness (QED) is 0.819. The van der Waals surface area contributed by atoms with Crippen molar-refractivity contribution in [2.75, 3.05) is 0 Å². The van der Waals surface area contributed by atoms with Gasteiger partial charge >= 0.3 is 0 Å². The fourth-order valence-corrected chi connectivity index (χ4v) is 1.46. The second kappa shape index (κ2) is 5.92. The van der Waals surface area contributed by atoms with Crippen molar-refractivity contribution < 1.29 is 9.21 Å². The minimum atomic E-state index is -0.376. The van der Waals surface area contributed by atoms with Gasteiger partial charge in [0, 0.05) is 6.20 Å². The maximum absolute atomic E-state index is 11.6. The summed E-state index contributed by atoms with van der Waals surface area (Å²) in [5, 5.41) is 5.64. The van der Waals surface area contributed by atoms with E-state index in [2.05, 4.69) is 15.6 Å². The van der Waals surface area contributed by atoms with Gasteiger partial charge in [-0.25, -0.2) is 0 Å². The first-order valence-corrected chi connectivity index (χ1v) is 5.69. The fourth-order valence-electron chi connectivity index (χ4n) is 1.29. The Morgan fingerprint density at radius 1 is 1.33 bits per heavy atom. The topological polar surface area (TPSA) is 67.2 Å². The van der Waals surface area contributed by atoms with Crippen molar-refractivity contribution in [3.8, 4) is 0 Å². The van der Waals surface area contributed by atoms with E-state index in [0.717, 1.165) is 5.69 Å². The van der Waals surface area contributed by atoms with Crippen LogP contribution < -0.4 is 10.6 Å². The van der Waals surface area contributed by atoms with Gasteiger partial charge in [0.2, 0.25) is 0 Å². The van der Waals surface area contributed by atoms with Crippen molar-refractivity contribution in [2.24, 2.45) is 0 Å².